The minimum atomic E-state index is -3.58. The number of carbonyl (C=O) groups is 1. The quantitative estimate of drug-likeness (QED) is 0.723. The van der Waals surface area contributed by atoms with Crippen molar-refractivity contribution in [3.8, 4) is 0 Å². The van der Waals surface area contributed by atoms with E-state index in [9.17, 15) is 13.2 Å². The molecule has 0 spiro atoms. The van der Waals surface area contributed by atoms with Crippen LogP contribution in [0.5, 0.6) is 0 Å². The second-order valence-corrected chi connectivity index (χ2v) is 6.93. The first-order chi connectivity index (χ1) is 7.76. The molecule has 1 saturated heterocycles. The van der Waals surface area contributed by atoms with E-state index in [0.29, 0.717) is 13.1 Å². The third kappa shape index (κ3) is 3.17. The Hall–Kier alpha value is -0.660. The molecule has 17 heavy (non-hydrogen) atoms. The summed E-state index contributed by atoms with van der Waals surface area (Å²) in [5, 5.41) is -1.04. The van der Waals surface area contributed by atoms with Crippen molar-refractivity contribution in [3.63, 3.8) is 0 Å². The van der Waals surface area contributed by atoms with E-state index in [1.807, 2.05) is 0 Å². The molecule has 1 aliphatic rings. The van der Waals surface area contributed by atoms with Crippen LogP contribution in [0.1, 0.15) is 19.8 Å². The van der Waals surface area contributed by atoms with E-state index in [1.54, 1.807) is 14.1 Å². The van der Waals surface area contributed by atoms with E-state index in [2.05, 4.69) is 0 Å². The van der Waals surface area contributed by atoms with Crippen molar-refractivity contribution in [1.29, 1.82) is 0 Å². The summed E-state index contributed by atoms with van der Waals surface area (Å²) in [7, 11) is -0.473. The Kier molecular flexibility index (Phi) is 4.51. The third-order valence-electron chi connectivity index (χ3n) is 3.02. The molecule has 1 heterocycles. The monoisotopic (exact) mass is 263 g/mol. The first-order valence-electron chi connectivity index (χ1n) is 5.72. The maximum Gasteiger partial charge on any atom is 0.241 e. The zero-order chi connectivity index (χ0) is 13.2. The SMILES string of the molecule is CC(C(=O)N(C)C)S(=O)(=O)N1CCC[C@@H](N)C1. The lowest BCUT2D eigenvalue weighted by Gasteiger charge is -2.32. The van der Waals surface area contributed by atoms with E-state index in [-0.39, 0.29) is 6.04 Å². The predicted octanol–water partition coefficient (Wildman–Crippen LogP) is -0.784. The zero-order valence-electron chi connectivity index (χ0n) is 10.6. The summed E-state index contributed by atoms with van der Waals surface area (Å²) in [4.78, 5) is 13.0. The van der Waals surface area contributed by atoms with Gasteiger partial charge in [0, 0.05) is 33.2 Å². The van der Waals surface area contributed by atoms with Crippen molar-refractivity contribution in [2.45, 2.75) is 31.1 Å². The van der Waals surface area contributed by atoms with Gasteiger partial charge in [-0.3, -0.25) is 4.79 Å². The molecule has 1 amide bonds. The van der Waals surface area contributed by atoms with E-state index >= 15 is 0 Å². The number of hydrogen-bond donors (Lipinski definition) is 1. The number of amides is 1. The zero-order valence-corrected chi connectivity index (χ0v) is 11.4. The molecule has 1 rings (SSSR count). The Morgan fingerprint density at radius 3 is 2.53 bits per heavy atom. The van der Waals surface area contributed by atoms with Crippen LogP contribution in [0.2, 0.25) is 0 Å². The van der Waals surface area contributed by atoms with Crippen molar-refractivity contribution in [2.75, 3.05) is 27.2 Å². The Morgan fingerprint density at radius 1 is 1.47 bits per heavy atom. The molecule has 7 heteroatoms. The summed E-state index contributed by atoms with van der Waals surface area (Å²) in [6.45, 7) is 2.20. The summed E-state index contributed by atoms with van der Waals surface area (Å²) >= 11 is 0. The smallest absolute Gasteiger partial charge is 0.241 e. The molecule has 0 radical (unpaired) electrons. The fraction of sp³-hybridized carbons (Fsp3) is 0.900. The Bertz CT molecular complexity index is 380. The minimum Gasteiger partial charge on any atom is -0.348 e. The highest BCUT2D eigenvalue weighted by Crippen LogP contribution is 2.17. The highest BCUT2D eigenvalue weighted by Gasteiger charge is 2.36. The molecule has 0 saturated carbocycles. The van der Waals surface area contributed by atoms with Crippen molar-refractivity contribution in [2.24, 2.45) is 5.73 Å². The number of sulfonamides is 1. The molecule has 1 unspecified atom stereocenters. The van der Waals surface area contributed by atoms with Crippen LogP contribution in [-0.2, 0) is 14.8 Å². The lowest BCUT2D eigenvalue weighted by molar-refractivity contribution is -0.128. The van der Waals surface area contributed by atoms with Gasteiger partial charge in [-0.2, -0.15) is 4.31 Å². The summed E-state index contributed by atoms with van der Waals surface area (Å²) < 4.78 is 25.7. The number of hydrogen-bond acceptors (Lipinski definition) is 4. The molecule has 6 nitrogen and oxygen atoms in total. The molecular formula is C10H21N3O3S. The van der Waals surface area contributed by atoms with Gasteiger partial charge in [0.25, 0.3) is 0 Å². The molecule has 2 N–H and O–H groups in total. The van der Waals surface area contributed by atoms with E-state index < -0.39 is 21.2 Å². The maximum atomic E-state index is 12.2. The van der Waals surface area contributed by atoms with Gasteiger partial charge in [0.15, 0.2) is 5.25 Å². The summed E-state index contributed by atoms with van der Waals surface area (Å²) in [5.74, 6) is -0.399. The van der Waals surface area contributed by atoms with Crippen LogP contribution < -0.4 is 5.73 Å². The number of carbonyl (C=O) groups excluding carboxylic acids is 1. The van der Waals surface area contributed by atoms with Crippen LogP contribution in [0.25, 0.3) is 0 Å². The van der Waals surface area contributed by atoms with E-state index in [0.717, 1.165) is 12.8 Å². The van der Waals surface area contributed by atoms with Gasteiger partial charge in [0.1, 0.15) is 0 Å². The second kappa shape index (κ2) is 5.32. The molecule has 0 aromatic rings. The second-order valence-electron chi connectivity index (χ2n) is 4.68. The highest BCUT2D eigenvalue weighted by atomic mass is 32.2. The first-order valence-corrected chi connectivity index (χ1v) is 7.23. The van der Waals surface area contributed by atoms with Gasteiger partial charge in [-0.15, -0.1) is 0 Å². The van der Waals surface area contributed by atoms with Gasteiger partial charge >= 0.3 is 0 Å². The van der Waals surface area contributed by atoms with Crippen LogP contribution in [-0.4, -0.2) is 62.0 Å². The molecule has 0 aromatic carbocycles. The number of nitrogens with zero attached hydrogens (tertiary/aromatic N) is 2. The lowest BCUT2D eigenvalue weighted by atomic mass is 10.1. The summed E-state index contributed by atoms with van der Waals surface area (Å²) in [5.41, 5.74) is 5.76. The van der Waals surface area contributed by atoms with E-state index in [1.165, 1.54) is 16.1 Å². The molecule has 100 valence electrons. The minimum absolute atomic E-state index is 0.125. The maximum absolute atomic E-state index is 12.2. The number of piperidine rings is 1. The Morgan fingerprint density at radius 2 is 2.06 bits per heavy atom. The largest absolute Gasteiger partial charge is 0.348 e. The molecule has 1 fully saturated rings. The van der Waals surface area contributed by atoms with Gasteiger partial charge in [0.05, 0.1) is 0 Å². The average Bonchev–Trinajstić information content (AvgIpc) is 2.26. The lowest BCUT2D eigenvalue weighted by Crippen LogP contribution is -2.51. The van der Waals surface area contributed by atoms with Crippen molar-refractivity contribution < 1.29 is 13.2 Å². The normalized spacial score (nSPS) is 24.4. The third-order valence-corrected chi connectivity index (χ3v) is 5.16. The first kappa shape index (κ1) is 14.4. The van der Waals surface area contributed by atoms with Gasteiger partial charge in [-0.25, -0.2) is 8.42 Å². The van der Waals surface area contributed by atoms with Gasteiger partial charge in [-0.05, 0) is 19.8 Å². The Labute approximate surface area is 103 Å². The molecule has 1 aliphatic heterocycles. The topological polar surface area (TPSA) is 83.7 Å². The predicted molar refractivity (Wildman–Crippen MR) is 65.9 cm³/mol. The van der Waals surface area contributed by atoms with Crippen LogP contribution in [0.3, 0.4) is 0 Å². The molecule has 0 aromatic heterocycles. The van der Waals surface area contributed by atoms with Gasteiger partial charge < -0.3 is 10.6 Å². The average molecular weight is 263 g/mol. The standard InChI is InChI=1S/C10H21N3O3S/c1-8(10(14)12(2)3)17(15,16)13-6-4-5-9(11)7-13/h8-9H,4-7,11H2,1-3H3/t8?,9-/m1/s1. The number of rotatable bonds is 3. The van der Waals surface area contributed by atoms with Gasteiger partial charge in [-0.1, -0.05) is 0 Å². The highest BCUT2D eigenvalue weighted by molar-refractivity contribution is 7.90. The van der Waals surface area contributed by atoms with Crippen LogP contribution in [0.15, 0.2) is 0 Å². The fourth-order valence-electron chi connectivity index (χ4n) is 1.92. The summed E-state index contributed by atoms with van der Waals surface area (Å²) in [6, 6.07) is -0.125. The van der Waals surface area contributed by atoms with Crippen molar-refractivity contribution >= 4 is 15.9 Å². The fourth-order valence-corrected chi connectivity index (χ4v) is 3.62. The van der Waals surface area contributed by atoms with Gasteiger partial charge in [0.2, 0.25) is 15.9 Å². The Balaban J connectivity index is 2.83. The molecular weight excluding hydrogens is 242 g/mol. The molecule has 2 atom stereocenters. The van der Waals surface area contributed by atoms with Crippen LogP contribution >= 0.6 is 0 Å². The van der Waals surface area contributed by atoms with E-state index in [4.69, 9.17) is 5.73 Å². The van der Waals surface area contributed by atoms with Crippen LogP contribution in [0.4, 0.5) is 0 Å². The molecule has 0 aliphatic carbocycles. The van der Waals surface area contributed by atoms with Crippen molar-refractivity contribution in [1.82, 2.24) is 9.21 Å². The van der Waals surface area contributed by atoms with Crippen molar-refractivity contribution in [3.05, 3.63) is 0 Å². The van der Waals surface area contributed by atoms with Crippen LogP contribution in [0, 0.1) is 0 Å². The molecule has 0 bridgehead atoms. The number of nitrogens with two attached hydrogens (primary N) is 1. The summed E-state index contributed by atoms with van der Waals surface area (Å²) in [6.07, 6.45) is 1.59.